The van der Waals surface area contributed by atoms with E-state index in [1.165, 1.54) is 5.56 Å². The maximum Gasteiger partial charge on any atom is 0.159 e. The Morgan fingerprint density at radius 3 is 1.74 bits per heavy atom. The van der Waals surface area contributed by atoms with Crippen molar-refractivity contribution in [1.29, 1.82) is 0 Å². The van der Waals surface area contributed by atoms with Crippen molar-refractivity contribution in [2.45, 2.75) is 29.8 Å². The van der Waals surface area contributed by atoms with E-state index in [0.29, 0.717) is 18.9 Å². The first-order valence-corrected chi connectivity index (χ1v) is 14.2. The zero-order valence-corrected chi connectivity index (χ0v) is 23.6. The van der Waals surface area contributed by atoms with Crippen molar-refractivity contribution >= 4 is 5.78 Å². The Kier molecular flexibility index (Phi) is 6.92. The molecule has 204 valence electrons. The third-order valence-corrected chi connectivity index (χ3v) is 9.41. The summed E-state index contributed by atoms with van der Waals surface area (Å²) >= 11 is 0. The fraction of sp³-hybridized carbons (Fsp3) is 0.455. The Balaban J connectivity index is 1.51. The van der Waals surface area contributed by atoms with E-state index >= 15 is 4.79 Å². The number of nitrogens with zero attached hydrogens (tertiary/aromatic N) is 5. The number of hydrogen-bond acceptors (Lipinski definition) is 6. The van der Waals surface area contributed by atoms with Gasteiger partial charge in [0.2, 0.25) is 0 Å². The Bertz CT molecular complexity index is 1210. The molecule has 6 nitrogen and oxygen atoms in total. The molecular weight excluding hydrogens is 482 g/mol. The predicted octanol–water partition coefficient (Wildman–Crippen LogP) is 3.29. The van der Waals surface area contributed by atoms with Gasteiger partial charge in [0.15, 0.2) is 5.78 Å². The van der Waals surface area contributed by atoms with Crippen molar-refractivity contribution in [3.63, 3.8) is 0 Å². The van der Waals surface area contributed by atoms with E-state index in [2.05, 4.69) is 112 Å². The molecule has 0 N–H and O–H groups in total. The van der Waals surface area contributed by atoms with Gasteiger partial charge in [0, 0.05) is 76.8 Å². The molecule has 2 aromatic carbocycles. The minimum absolute atomic E-state index is 0.0771. The third kappa shape index (κ3) is 4.74. The molecule has 1 aromatic heterocycles. The molecule has 0 spiro atoms. The van der Waals surface area contributed by atoms with Crippen LogP contribution in [-0.4, -0.2) is 102 Å². The maximum absolute atomic E-state index is 15.1. The van der Waals surface area contributed by atoms with Gasteiger partial charge in [0.1, 0.15) is 0 Å². The van der Waals surface area contributed by atoms with Crippen LogP contribution in [0.15, 0.2) is 85.2 Å². The molecule has 6 rings (SSSR count). The van der Waals surface area contributed by atoms with Gasteiger partial charge in [-0.1, -0.05) is 66.7 Å². The van der Waals surface area contributed by atoms with E-state index in [-0.39, 0.29) is 5.54 Å². The first-order valence-electron chi connectivity index (χ1n) is 14.2. The van der Waals surface area contributed by atoms with Crippen molar-refractivity contribution < 1.29 is 4.79 Å². The Hall–Kier alpha value is -2.90. The molecule has 2 atom stereocenters. The molecule has 0 amide bonds. The van der Waals surface area contributed by atoms with Crippen molar-refractivity contribution in [3.8, 4) is 0 Å². The first kappa shape index (κ1) is 26.3. The standard InChI is InChI=1S/C33H41N5O/c1-31(21-35(2)17-18-36(3)22-31)38-25-32(28-12-6-4-7-13-28)23-37(20-27-11-10-16-34-19-27)24-33(26-38,30(32)39)29-14-8-5-9-15-29/h4-16,19H,17-18,20-26H2,1-3H3. The predicted molar refractivity (Wildman–Crippen MR) is 156 cm³/mol. The highest BCUT2D eigenvalue weighted by Crippen LogP contribution is 2.48. The van der Waals surface area contributed by atoms with E-state index in [9.17, 15) is 0 Å². The van der Waals surface area contributed by atoms with Gasteiger partial charge >= 0.3 is 0 Å². The van der Waals surface area contributed by atoms with Gasteiger partial charge in [0.05, 0.1) is 10.8 Å². The second-order valence-corrected chi connectivity index (χ2v) is 12.6. The lowest BCUT2D eigenvalue weighted by Crippen LogP contribution is -2.77. The number of benzene rings is 2. The van der Waals surface area contributed by atoms with Gasteiger partial charge in [-0.15, -0.1) is 0 Å². The topological polar surface area (TPSA) is 42.9 Å². The molecule has 2 bridgehead atoms. The summed E-state index contributed by atoms with van der Waals surface area (Å²) in [7, 11) is 4.48. The van der Waals surface area contributed by atoms with Gasteiger partial charge in [0.25, 0.3) is 0 Å². The van der Waals surface area contributed by atoms with Crippen LogP contribution in [0.4, 0.5) is 0 Å². The summed E-state index contributed by atoms with van der Waals surface area (Å²) < 4.78 is 0. The van der Waals surface area contributed by atoms with Crippen molar-refractivity contribution in [2.75, 3.05) is 66.5 Å². The summed E-state index contributed by atoms with van der Waals surface area (Å²) in [6.45, 7) is 10.2. The molecule has 3 fully saturated rings. The van der Waals surface area contributed by atoms with Crippen LogP contribution in [0.3, 0.4) is 0 Å². The van der Waals surface area contributed by atoms with E-state index in [0.717, 1.165) is 56.9 Å². The number of Topliss-reactive ketones (excluding diaryl/α,β-unsaturated/α-hetero) is 1. The average Bonchev–Trinajstić information content (AvgIpc) is 3.08. The molecule has 39 heavy (non-hydrogen) atoms. The van der Waals surface area contributed by atoms with E-state index in [1.54, 1.807) is 0 Å². The number of pyridine rings is 1. The number of piperidine rings is 2. The first-order chi connectivity index (χ1) is 18.8. The lowest BCUT2D eigenvalue weighted by molar-refractivity contribution is -0.149. The van der Waals surface area contributed by atoms with Crippen LogP contribution in [0.5, 0.6) is 0 Å². The fourth-order valence-electron chi connectivity index (χ4n) is 7.67. The molecule has 0 saturated carbocycles. The normalized spacial score (nSPS) is 28.7. The lowest BCUT2D eigenvalue weighted by atomic mass is 9.57. The van der Waals surface area contributed by atoms with Gasteiger partial charge in [-0.05, 0) is 43.8 Å². The van der Waals surface area contributed by atoms with Crippen LogP contribution in [0.2, 0.25) is 0 Å². The zero-order valence-electron chi connectivity index (χ0n) is 23.6. The molecule has 0 aliphatic carbocycles. The molecule has 4 heterocycles. The smallest absolute Gasteiger partial charge is 0.159 e. The number of rotatable bonds is 5. The van der Waals surface area contributed by atoms with Gasteiger partial charge in [-0.3, -0.25) is 19.6 Å². The summed E-state index contributed by atoms with van der Waals surface area (Å²) in [5.41, 5.74) is 2.13. The SMILES string of the molecule is CN1CCN(C)CC(C)(N2CC3(c4ccccc4)CN(Cc4cccnc4)CC(c4ccccc4)(C2)C3=O)C1. The Labute approximate surface area is 233 Å². The monoisotopic (exact) mass is 523 g/mol. The minimum Gasteiger partial charge on any atom is -0.303 e. The van der Waals surface area contributed by atoms with Gasteiger partial charge < -0.3 is 9.80 Å². The fourth-order valence-corrected chi connectivity index (χ4v) is 7.67. The summed E-state index contributed by atoms with van der Waals surface area (Å²) in [4.78, 5) is 29.6. The van der Waals surface area contributed by atoms with Crippen LogP contribution in [0.25, 0.3) is 0 Å². The molecule has 3 aliphatic heterocycles. The summed E-state index contributed by atoms with van der Waals surface area (Å²) in [6.07, 6.45) is 3.79. The number of hydrogen-bond donors (Lipinski definition) is 0. The number of carbonyl (C=O) groups is 1. The van der Waals surface area contributed by atoms with Crippen molar-refractivity contribution in [1.82, 2.24) is 24.6 Å². The number of aromatic nitrogens is 1. The zero-order chi connectivity index (χ0) is 27.1. The molecule has 3 aromatic rings. The number of fused-ring (bicyclic) bond motifs is 2. The molecule has 0 radical (unpaired) electrons. The summed E-state index contributed by atoms with van der Waals surface area (Å²) in [5, 5.41) is 0. The molecule has 2 unspecified atom stereocenters. The number of likely N-dealkylation sites (N-methyl/N-ethyl adjacent to an activating group) is 2. The Morgan fingerprint density at radius 1 is 0.718 bits per heavy atom. The second kappa shape index (κ2) is 10.3. The molecule has 6 heteroatoms. The number of ketones is 1. The Morgan fingerprint density at radius 2 is 1.26 bits per heavy atom. The third-order valence-electron chi connectivity index (χ3n) is 9.41. The molecule has 3 aliphatic rings. The van der Waals surface area contributed by atoms with E-state index in [1.807, 2.05) is 18.5 Å². The molecule has 3 saturated heterocycles. The highest BCUT2D eigenvalue weighted by Gasteiger charge is 2.63. The van der Waals surface area contributed by atoms with Crippen molar-refractivity contribution in [3.05, 3.63) is 102 Å². The van der Waals surface area contributed by atoms with Gasteiger partial charge in [-0.25, -0.2) is 0 Å². The molecular formula is C33H41N5O. The summed E-state index contributed by atoms with van der Waals surface area (Å²) in [5.74, 6) is 0.380. The van der Waals surface area contributed by atoms with Crippen LogP contribution in [0.1, 0.15) is 23.6 Å². The quantitative estimate of drug-likeness (QED) is 0.512. The average molecular weight is 524 g/mol. The highest BCUT2D eigenvalue weighted by atomic mass is 16.1. The van der Waals surface area contributed by atoms with Crippen LogP contribution in [0, 0.1) is 0 Å². The van der Waals surface area contributed by atoms with Crippen LogP contribution >= 0.6 is 0 Å². The van der Waals surface area contributed by atoms with E-state index < -0.39 is 10.8 Å². The number of likely N-dealkylation sites (tertiary alicyclic amines) is 2. The maximum atomic E-state index is 15.1. The van der Waals surface area contributed by atoms with Crippen molar-refractivity contribution in [2.24, 2.45) is 0 Å². The van der Waals surface area contributed by atoms with Crippen LogP contribution < -0.4 is 0 Å². The largest absolute Gasteiger partial charge is 0.303 e. The lowest BCUT2D eigenvalue weighted by Gasteiger charge is -2.61. The van der Waals surface area contributed by atoms with E-state index in [4.69, 9.17) is 0 Å². The minimum atomic E-state index is -0.623. The number of carbonyl (C=O) groups excluding carboxylic acids is 1. The van der Waals surface area contributed by atoms with Crippen LogP contribution in [-0.2, 0) is 22.2 Å². The highest BCUT2D eigenvalue weighted by molar-refractivity contribution is 6.01. The summed E-state index contributed by atoms with van der Waals surface area (Å²) in [6, 6.07) is 25.4. The van der Waals surface area contributed by atoms with Gasteiger partial charge in [-0.2, -0.15) is 0 Å². The second-order valence-electron chi connectivity index (χ2n) is 12.6.